The summed E-state index contributed by atoms with van der Waals surface area (Å²) in [6.45, 7) is 7.82. The summed E-state index contributed by atoms with van der Waals surface area (Å²) in [6.07, 6.45) is 3.86. The Morgan fingerprint density at radius 3 is 2.44 bits per heavy atom. The molecule has 3 heterocycles. The first-order valence-electron chi connectivity index (χ1n) is 17.3. The van der Waals surface area contributed by atoms with Gasteiger partial charge in [0.25, 0.3) is 0 Å². The fourth-order valence-electron chi connectivity index (χ4n) is 6.03. The number of carboxylic acid groups (broad SMARTS) is 1. The third-order valence-corrected chi connectivity index (χ3v) is 10.8. The average molecular weight is 868 g/mol. The Morgan fingerprint density at radius 2 is 1.77 bits per heavy atom. The molecule has 2 saturated heterocycles. The third-order valence-electron chi connectivity index (χ3n) is 8.73. The van der Waals surface area contributed by atoms with E-state index in [4.69, 9.17) is 17.2 Å². The van der Waals surface area contributed by atoms with Crippen LogP contribution < -0.4 is 21.4 Å². The standard InChI is InChI=1S/C24H19NO5S.C13H22N2O2S.CH4FI/c1-12(2)23(31)25-13-3-6-16(19(9-13)24(28)29)22-17-7-4-14(26)10-20(17)30-21-11-15(27)5-8-18(21)22;1-8(2)10(16)5-3-4-6-11-12-9(7-18-11)14-13(17)15-12;1-3-2/h3-12,26H,1-2H3,(H,25,31)(H,28,29);8-9,11-12H,3-7H2,1-2H3,(H2,14,15,17);3H,1H3/t;9-,11-,12-;/m.0./s1/i;;3T. The van der Waals surface area contributed by atoms with Crippen molar-refractivity contribution in [1.29, 1.82) is 0.594 Å². The van der Waals surface area contributed by atoms with Crippen LogP contribution >= 0.6 is 45.6 Å². The summed E-state index contributed by atoms with van der Waals surface area (Å²) in [4.78, 5) is 48.7. The number of thioether (sulfide) groups is 1. The molecular weight excluding hydrogens is 820 g/mol. The summed E-state index contributed by atoms with van der Waals surface area (Å²) in [6, 6.07) is 14.6. The molecule has 2 aromatic rings. The fourth-order valence-corrected chi connectivity index (χ4v) is 7.69. The van der Waals surface area contributed by atoms with Crippen molar-refractivity contribution < 1.29 is 31.9 Å². The van der Waals surface area contributed by atoms with Gasteiger partial charge >= 0.3 is 42.0 Å². The van der Waals surface area contributed by atoms with Crippen LogP contribution in [0.4, 0.5) is 13.3 Å². The summed E-state index contributed by atoms with van der Waals surface area (Å²) in [5, 5.41) is 30.0. The fraction of sp³-hybridized carbons (Fsp3) is 0.395. The Bertz CT molecular complexity index is 1990. The van der Waals surface area contributed by atoms with Gasteiger partial charge in [-0.05, 0) is 54.8 Å². The number of fused-ring (bicyclic) bond motifs is 3. The Kier molecular flexibility index (Phi) is 14.3. The number of hydrogen-bond donors (Lipinski definition) is 5. The van der Waals surface area contributed by atoms with Gasteiger partial charge in [0.05, 0.1) is 22.6 Å². The van der Waals surface area contributed by atoms with Crippen LogP contribution in [0.25, 0.3) is 33.4 Å². The molecule has 10 nitrogen and oxygen atoms in total. The number of thiocarbonyl (C=S) groups is 1. The number of rotatable bonds is 10. The first kappa shape index (κ1) is 39.4. The van der Waals surface area contributed by atoms with E-state index in [1.165, 1.54) is 35.3 Å². The molecular formula is C38H45FIN3O7S2. The first-order chi connectivity index (χ1) is 25.0. The zero-order valence-corrected chi connectivity index (χ0v) is 33.4. The summed E-state index contributed by atoms with van der Waals surface area (Å²) >= 11 is 4.75. The quantitative estimate of drug-likeness (QED) is 0.0262. The average Bonchev–Trinajstić information content (AvgIpc) is 3.64. The number of carbonyl (C=O) groups is 3. The van der Waals surface area contributed by atoms with E-state index in [1.54, 1.807) is 24.3 Å². The van der Waals surface area contributed by atoms with Crippen molar-refractivity contribution in [3.05, 3.63) is 70.4 Å². The number of phenols is 1. The van der Waals surface area contributed by atoms with E-state index in [2.05, 4.69) is 16.0 Å². The van der Waals surface area contributed by atoms with Gasteiger partial charge in [0, 0.05) is 63.6 Å². The molecule has 1 aliphatic carbocycles. The maximum atomic E-state index is 12.2. The van der Waals surface area contributed by atoms with E-state index >= 15 is 0 Å². The number of amides is 2. The molecule has 0 bridgehead atoms. The molecule has 6 rings (SSSR count). The van der Waals surface area contributed by atoms with Crippen molar-refractivity contribution in [1.82, 2.24) is 10.6 Å². The maximum absolute atomic E-state index is 12.2. The predicted molar refractivity (Wildman–Crippen MR) is 220 cm³/mol. The Hall–Kier alpha value is -3.76. The van der Waals surface area contributed by atoms with Gasteiger partial charge in [0.1, 0.15) is 22.9 Å². The number of aromatic carboxylic acids is 1. The molecule has 3 atom stereocenters. The van der Waals surface area contributed by atoms with Crippen LogP contribution in [0.1, 0.15) is 63.7 Å². The van der Waals surface area contributed by atoms with Gasteiger partial charge < -0.3 is 30.6 Å². The molecule has 14 heteroatoms. The molecule has 2 amide bonds. The van der Waals surface area contributed by atoms with Crippen LogP contribution in [0.5, 0.6) is 5.75 Å². The Morgan fingerprint density at radius 1 is 1.06 bits per heavy atom. The predicted octanol–water partition coefficient (Wildman–Crippen LogP) is 8.50. The number of carboxylic acids is 1. The number of alkyl halides is 1. The molecule has 2 fully saturated rings. The molecule has 5 N–H and O–H groups in total. The van der Waals surface area contributed by atoms with Crippen molar-refractivity contribution in [3.63, 3.8) is 0 Å². The van der Waals surface area contributed by atoms with Crippen LogP contribution in [0, 0.1) is 11.8 Å². The minimum absolute atomic E-state index is 0.0000295. The number of unbranched alkanes of at least 4 members (excludes halogenated alkanes) is 1. The van der Waals surface area contributed by atoms with Gasteiger partial charge in [0.2, 0.25) is 0 Å². The third kappa shape index (κ3) is 10.4. The molecule has 280 valence electrons. The summed E-state index contributed by atoms with van der Waals surface area (Å²) in [7, 11) is 0. The second-order valence-corrected chi connectivity index (χ2v) is 15.7. The van der Waals surface area contributed by atoms with Gasteiger partial charge in [-0.15, -0.1) is 0 Å². The van der Waals surface area contributed by atoms with Gasteiger partial charge in [-0.1, -0.05) is 52.4 Å². The van der Waals surface area contributed by atoms with Gasteiger partial charge in [0.15, 0.2) is 5.43 Å². The number of phenolic OH excluding ortho intramolecular Hbond substituents is 1. The molecule has 0 unspecified atom stereocenters. The Labute approximate surface area is 323 Å². The number of halogens is 2. The number of aromatic hydroxyl groups is 1. The van der Waals surface area contributed by atoms with E-state index < -0.39 is 27.5 Å². The number of benzene rings is 3. The van der Waals surface area contributed by atoms with Crippen molar-refractivity contribution in [3.8, 4) is 28.2 Å². The normalized spacial score (nSPS) is 18.0. The van der Waals surface area contributed by atoms with E-state index in [1.807, 2.05) is 39.5 Å². The molecule has 52 heavy (non-hydrogen) atoms. The second kappa shape index (κ2) is 18.8. The molecule has 0 radical (unpaired) electrons. The topological polar surface area (TPSA) is 158 Å². The van der Waals surface area contributed by atoms with Crippen molar-refractivity contribution in [2.24, 2.45) is 11.8 Å². The molecule has 0 saturated carbocycles. The number of Topliss-reactive ketones (excluding diaryl/α,β-unsaturated/α-hetero) is 1. The SMILES string of the molecule is CC(C)C(=O)CCCC[C@@H]1SC[C@@H]2NC(=O)N[C@@H]21.CC(C)C(=S)Nc1ccc(-c2c3ccc(=O)cc-3oc3cc(O)ccc23)c(C(=O)O)c1.[3H]I(C)F. The van der Waals surface area contributed by atoms with Gasteiger partial charge in [-0.2, -0.15) is 11.8 Å². The van der Waals surface area contributed by atoms with Crippen LogP contribution in [0.15, 0.2) is 63.8 Å². The summed E-state index contributed by atoms with van der Waals surface area (Å²) in [5.74, 6) is 0.853. The van der Waals surface area contributed by atoms with E-state index in [9.17, 15) is 32.3 Å². The first-order valence-corrected chi connectivity index (χ1v) is 21.4. The van der Waals surface area contributed by atoms with Crippen LogP contribution in [0.2, 0.25) is 0 Å². The summed E-state index contributed by atoms with van der Waals surface area (Å²) in [5.41, 5.74) is 2.42. The number of nitrogens with one attached hydrogen (secondary N) is 3. The van der Waals surface area contributed by atoms with Crippen molar-refractivity contribution in [2.45, 2.75) is 70.7 Å². The van der Waals surface area contributed by atoms with Crippen LogP contribution in [0.3, 0.4) is 0 Å². The number of hydrogen-bond acceptors (Lipinski definition) is 8. The van der Waals surface area contributed by atoms with Crippen molar-refractivity contribution in [2.75, 3.05) is 16.0 Å². The van der Waals surface area contributed by atoms with E-state index in [0.29, 0.717) is 73.6 Å². The number of carbonyl (C=O) groups excluding carboxylic acids is 2. The monoisotopic (exact) mass is 867 g/mol. The zero-order valence-electron chi connectivity index (χ0n) is 30.6. The molecule has 3 aliphatic heterocycles. The number of anilines is 1. The Balaban J connectivity index is 0.000000241. The molecule has 0 aromatic heterocycles. The van der Waals surface area contributed by atoms with Gasteiger partial charge in [-0.3, -0.25) is 9.59 Å². The molecule has 2 aromatic carbocycles. The van der Waals surface area contributed by atoms with Crippen molar-refractivity contribution >= 4 is 85.0 Å². The number of ketones is 1. The molecule has 4 aliphatic rings. The van der Waals surface area contributed by atoms with E-state index in [0.717, 1.165) is 25.0 Å². The van der Waals surface area contributed by atoms with Crippen LogP contribution in [-0.2, 0) is 4.79 Å². The molecule has 0 spiro atoms. The minimum atomic E-state index is -2.51. The summed E-state index contributed by atoms with van der Waals surface area (Å²) < 4.78 is 22.7. The number of urea groups is 1. The van der Waals surface area contributed by atoms with Gasteiger partial charge in [-0.25, -0.2) is 9.59 Å². The zero-order chi connectivity index (χ0) is 39.0. The second-order valence-electron chi connectivity index (χ2n) is 13.2. The van der Waals surface area contributed by atoms with E-state index in [-0.39, 0.29) is 34.6 Å². The van der Waals surface area contributed by atoms with Crippen LogP contribution in [-0.4, -0.2) is 61.6 Å².